The number of nitrogens with one attached hydrogen (secondary N) is 1. The van der Waals surface area contributed by atoms with Crippen molar-refractivity contribution in [2.45, 2.75) is 64.0 Å². The molecule has 2 rings (SSSR count). The van der Waals surface area contributed by atoms with Crippen molar-refractivity contribution in [2.24, 2.45) is 5.41 Å². The molecule has 2 unspecified atom stereocenters. The normalized spacial score (nSPS) is 31.6. The Bertz CT molecular complexity index is 261. The van der Waals surface area contributed by atoms with E-state index in [-0.39, 0.29) is 0 Å². The predicted octanol–water partition coefficient (Wildman–Crippen LogP) is 2.66. The molecular formula is C16H32N2O. The molecule has 0 aromatic heterocycles. The van der Waals surface area contributed by atoms with Crippen molar-refractivity contribution in [2.75, 3.05) is 33.8 Å². The van der Waals surface area contributed by atoms with Gasteiger partial charge in [0.15, 0.2) is 0 Å². The van der Waals surface area contributed by atoms with E-state index in [0.717, 1.165) is 6.61 Å². The second-order valence-electron chi connectivity index (χ2n) is 6.79. The van der Waals surface area contributed by atoms with Crippen LogP contribution in [0, 0.1) is 5.41 Å². The maximum Gasteiger partial charge on any atom is 0.0702 e. The van der Waals surface area contributed by atoms with E-state index in [9.17, 15) is 0 Å². The van der Waals surface area contributed by atoms with Crippen LogP contribution in [-0.2, 0) is 4.74 Å². The Morgan fingerprint density at radius 1 is 1.21 bits per heavy atom. The Morgan fingerprint density at radius 2 is 1.89 bits per heavy atom. The molecule has 0 radical (unpaired) electrons. The molecule has 2 aliphatic rings. The van der Waals surface area contributed by atoms with Gasteiger partial charge in [-0.2, -0.15) is 0 Å². The van der Waals surface area contributed by atoms with Gasteiger partial charge in [0.05, 0.1) is 6.10 Å². The summed E-state index contributed by atoms with van der Waals surface area (Å²) in [6.07, 6.45) is 10.1. The van der Waals surface area contributed by atoms with Gasteiger partial charge in [0.1, 0.15) is 0 Å². The topological polar surface area (TPSA) is 24.5 Å². The van der Waals surface area contributed by atoms with E-state index in [0.29, 0.717) is 17.6 Å². The Kier molecular flexibility index (Phi) is 5.67. The summed E-state index contributed by atoms with van der Waals surface area (Å²) >= 11 is 0. The van der Waals surface area contributed by atoms with E-state index in [2.05, 4.69) is 31.2 Å². The number of likely N-dealkylation sites (N-methyl/N-ethyl adjacent to an activating group) is 1. The molecule has 1 heterocycles. The standard InChI is InChI=1S/C16H32N2O/c1-14-15(8-11-19-14)18(3)13-16(12-17-2)9-6-4-5-7-10-16/h14-15,17H,4-13H2,1-3H3. The summed E-state index contributed by atoms with van der Waals surface area (Å²) < 4.78 is 5.74. The third-order valence-corrected chi connectivity index (χ3v) is 5.20. The average molecular weight is 268 g/mol. The van der Waals surface area contributed by atoms with E-state index in [1.54, 1.807) is 0 Å². The van der Waals surface area contributed by atoms with E-state index >= 15 is 0 Å². The highest BCUT2D eigenvalue weighted by atomic mass is 16.5. The van der Waals surface area contributed by atoms with Gasteiger partial charge in [0.25, 0.3) is 0 Å². The zero-order valence-electron chi connectivity index (χ0n) is 13.1. The first kappa shape index (κ1) is 15.3. The average Bonchev–Trinajstić information content (AvgIpc) is 2.67. The molecule has 0 bridgehead atoms. The molecule has 0 aromatic carbocycles. The van der Waals surface area contributed by atoms with Gasteiger partial charge in [-0.1, -0.05) is 25.7 Å². The van der Waals surface area contributed by atoms with Crippen molar-refractivity contribution in [3.63, 3.8) is 0 Å². The fraction of sp³-hybridized carbons (Fsp3) is 1.00. The van der Waals surface area contributed by atoms with Crippen molar-refractivity contribution in [1.82, 2.24) is 10.2 Å². The third kappa shape index (κ3) is 3.93. The molecule has 3 heteroatoms. The molecule has 2 atom stereocenters. The minimum atomic E-state index is 0.405. The van der Waals surface area contributed by atoms with Gasteiger partial charge in [0, 0.05) is 25.7 Å². The quantitative estimate of drug-likeness (QED) is 0.776. The van der Waals surface area contributed by atoms with Crippen molar-refractivity contribution in [1.29, 1.82) is 0 Å². The van der Waals surface area contributed by atoms with E-state index in [4.69, 9.17) is 4.74 Å². The lowest BCUT2D eigenvalue weighted by Crippen LogP contribution is -2.47. The van der Waals surface area contributed by atoms with Crippen LogP contribution in [0.5, 0.6) is 0 Å². The Labute approximate surface area is 119 Å². The largest absolute Gasteiger partial charge is 0.377 e. The first-order valence-corrected chi connectivity index (χ1v) is 8.13. The van der Waals surface area contributed by atoms with Gasteiger partial charge in [-0.25, -0.2) is 0 Å². The summed E-state index contributed by atoms with van der Waals surface area (Å²) in [5.41, 5.74) is 0.488. The molecule has 0 amide bonds. The summed E-state index contributed by atoms with van der Waals surface area (Å²) in [5.74, 6) is 0. The number of hydrogen-bond donors (Lipinski definition) is 1. The third-order valence-electron chi connectivity index (χ3n) is 5.20. The zero-order valence-corrected chi connectivity index (χ0v) is 13.1. The molecule has 1 aliphatic carbocycles. The smallest absolute Gasteiger partial charge is 0.0702 e. The van der Waals surface area contributed by atoms with Gasteiger partial charge in [0.2, 0.25) is 0 Å². The molecule has 2 fully saturated rings. The van der Waals surface area contributed by atoms with Crippen molar-refractivity contribution in [3.05, 3.63) is 0 Å². The highest BCUT2D eigenvalue weighted by Gasteiger charge is 2.35. The summed E-state index contributed by atoms with van der Waals surface area (Å²) in [6.45, 7) is 5.56. The van der Waals surface area contributed by atoms with Crippen LogP contribution >= 0.6 is 0 Å². The Morgan fingerprint density at radius 3 is 2.42 bits per heavy atom. The number of rotatable bonds is 5. The lowest BCUT2D eigenvalue weighted by molar-refractivity contribution is 0.0585. The van der Waals surface area contributed by atoms with Crippen molar-refractivity contribution < 1.29 is 4.74 Å². The number of ether oxygens (including phenoxy) is 1. The molecular weight excluding hydrogens is 236 g/mol. The van der Waals surface area contributed by atoms with E-state index in [1.807, 2.05) is 0 Å². The van der Waals surface area contributed by atoms with Gasteiger partial charge in [-0.3, -0.25) is 0 Å². The summed E-state index contributed by atoms with van der Waals surface area (Å²) in [7, 11) is 4.41. The molecule has 1 N–H and O–H groups in total. The second kappa shape index (κ2) is 7.05. The van der Waals surface area contributed by atoms with Gasteiger partial charge >= 0.3 is 0 Å². The lowest BCUT2D eigenvalue weighted by Gasteiger charge is -2.39. The minimum Gasteiger partial charge on any atom is -0.377 e. The maximum absolute atomic E-state index is 5.74. The number of nitrogens with zero attached hydrogens (tertiary/aromatic N) is 1. The molecule has 0 aromatic rings. The Balaban J connectivity index is 1.98. The van der Waals surface area contributed by atoms with Gasteiger partial charge in [-0.15, -0.1) is 0 Å². The molecule has 1 aliphatic heterocycles. The predicted molar refractivity (Wildman–Crippen MR) is 80.5 cm³/mol. The van der Waals surface area contributed by atoms with Crippen LogP contribution in [0.3, 0.4) is 0 Å². The minimum absolute atomic E-state index is 0.405. The van der Waals surface area contributed by atoms with Crippen LogP contribution in [0.4, 0.5) is 0 Å². The fourth-order valence-corrected chi connectivity index (χ4v) is 4.19. The first-order valence-electron chi connectivity index (χ1n) is 8.13. The molecule has 19 heavy (non-hydrogen) atoms. The molecule has 0 spiro atoms. The van der Waals surface area contributed by atoms with Crippen LogP contribution in [0.25, 0.3) is 0 Å². The fourth-order valence-electron chi connectivity index (χ4n) is 4.19. The van der Waals surface area contributed by atoms with Gasteiger partial charge in [-0.05, 0) is 45.7 Å². The molecule has 1 saturated carbocycles. The summed E-state index contributed by atoms with van der Waals surface area (Å²) in [4.78, 5) is 2.58. The monoisotopic (exact) mass is 268 g/mol. The summed E-state index contributed by atoms with van der Waals surface area (Å²) in [5, 5.41) is 3.46. The molecule has 1 saturated heterocycles. The van der Waals surface area contributed by atoms with Crippen LogP contribution < -0.4 is 5.32 Å². The second-order valence-corrected chi connectivity index (χ2v) is 6.79. The maximum atomic E-state index is 5.74. The van der Waals surface area contributed by atoms with Crippen LogP contribution in [0.2, 0.25) is 0 Å². The zero-order chi connectivity index (χ0) is 13.7. The molecule has 112 valence electrons. The van der Waals surface area contributed by atoms with E-state index in [1.165, 1.54) is 58.0 Å². The lowest BCUT2D eigenvalue weighted by atomic mass is 9.79. The summed E-state index contributed by atoms with van der Waals surface area (Å²) in [6, 6.07) is 0.622. The number of hydrogen-bond acceptors (Lipinski definition) is 3. The highest BCUT2D eigenvalue weighted by molar-refractivity contribution is 4.89. The van der Waals surface area contributed by atoms with Crippen molar-refractivity contribution >= 4 is 0 Å². The van der Waals surface area contributed by atoms with Crippen LogP contribution in [0.15, 0.2) is 0 Å². The molecule has 3 nitrogen and oxygen atoms in total. The van der Waals surface area contributed by atoms with Gasteiger partial charge < -0.3 is 15.0 Å². The SMILES string of the molecule is CNCC1(CN(C)C2CCOC2C)CCCCCC1. The first-order chi connectivity index (χ1) is 9.17. The van der Waals surface area contributed by atoms with Crippen molar-refractivity contribution in [3.8, 4) is 0 Å². The Hall–Kier alpha value is -0.120. The van der Waals surface area contributed by atoms with E-state index < -0.39 is 0 Å². The highest BCUT2D eigenvalue weighted by Crippen LogP contribution is 2.36. The van der Waals surface area contributed by atoms with Crippen LogP contribution in [-0.4, -0.2) is 50.8 Å². The van der Waals surface area contributed by atoms with Crippen LogP contribution in [0.1, 0.15) is 51.9 Å².